The smallest absolute Gasteiger partial charge is 0.0368 e. The van der Waals surface area contributed by atoms with E-state index in [0.717, 1.165) is 12.6 Å². The molecule has 2 aliphatic rings. The molecule has 0 radical (unpaired) electrons. The van der Waals surface area contributed by atoms with Gasteiger partial charge in [-0.1, -0.05) is 18.2 Å². The Hall–Kier alpha value is -1.02. The molecule has 18 heavy (non-hydrogen) atoms. The summed E-state index contributed by atoms with van der Waals surface area (Å²) in [5.74, 6) is 0. The molecule has 2 heteroatoms. The third kappa shape index (κ3) is 2.14. The molecular weight excluding hydrogens is 220 g/mol. The Balaban J connectivity index is 1.65. The monoisotopic (exact) mass is 244 g/mol. The molecule has 3 rings (SSSR count). The lowest BCUT2D eigenvalue weighted by Gasteiger charge is -2.54. The predicted molar refractivity (Wildman–Crippen MR) is 77.0 cm³/mol. The van der Waals surface area contributed by atoms with Gasteiger partial charge in [0.05, 0.1) is 0 Å². The van der Waals surface area contributed by atoms with Crippen molar-refractivity contribution in [3.05, 3.63) is 30.3 Å². The van der Waals surface area contributed by atoms with Crippen LogP contribution in [0.1, 0.15) is 32.6 Å². The summed E-state index contributed by atoms with van der Waals surface area (Å²) in [6.45, 7) is 5.86. The fraction of sp³-hybridized carbons (Fsp3) is 0.625. The zero-order valence-electron chi connectivity index (χ0n) is 11.4. The topological polar surface area (TPSA) is 15.3 Å². The zero-order chi connectivity index (χ0) is 12.4. The number of anilines is 1. The minimum atomic E-state index is 0.679. The number of benzene rings is 1. The SMILES string of the molecule is CCN(c1ccccc1)C1CC2(CCNCC2)C1. The molecule has 1 aliphatic carbocycles. The molecule has 1 saturated carbocycles. The van der Waals surface area contributed by atoms with E-state index in [0.29, 0.717) is 5.41 Å². The number of hydrogen-bond donors (Lipinski definition) is 1. The quantitative estimate of drug-likeness (QED) is 0.879. The normalized spacial score (nSPS) is 22.7. The maximum atomic E-state index is 3.48. The van der Waals surface area contributed by atoms with Crippen LogP contribution >= 0.6 is 0 Å². The van der Waals surface area contributed by atoms with Crippen molar-refractivity contribution in [2.45, 2.75) is 38.6 Å². The highest BCUT2D eigenvalue weighted by molar-refractivity contribution is 5.47. The van der Waals surface area contributed by atoms with Crippen LogP contribution in [0.3, 0.4) is 0 Å². The molecule has 2 nitrogen and oxygen atoms in total. The minimum absolute atomic E-state index is 0.679. The molecule has 0 aromatic heterocycles. The van der Waals surface area contributed by atoms with Crippen LogP contribution in [0.2, 0.25) is 0 Å². The molecule has 1 aromatic rings. The maximum absolute atomic E-state index is 3.48. The van der Waals surface area contributed by atoms with E-state index in [4.69, 9.17) is 0 Å². The van der Waals surface area contributed by atoms with Crippen LogP contribution in [0, 0.1) is 5.41 Å². The number of nitrogens with one attached hydrogen (secondary N) is 1. The summed E-state index contributed by atoms with van der Waals surface area (Å²) in [5, 5.41) is 3.48. The van der Waals surface area contributed by atoms with E-state index >= 15 is 0 Å². The highest BCUT2D eigenvalue weighted by atomic mass is 15.2. The number of hydrogen-bond acceptors (Lipinski definition) is 2. The lowest BCUT2D eigenvalue weighted by Crippen LogP contribution is -2.54. The number of piperidine rings is 1. The van der Waals surface area contributed by atoms with E-state index in [-0.39, 0.29) is 0 Å². The molecule has 1 spiro atoms. The predicted octanol–water partition coefficient (Wildman–Crippen LogP) is 3.05. The Morgan fingerprint density at radius 2 is 1.83 bits per heavy atom. The summed E-state index contributed by atoms with van der Waals surface area (Å²) in [5.41, 5.74) is 2.08. The van der Waals surface area contributed by atoms with Gasteiger partial charge in [-0.05, 0) is 63.2 Å². The maximum Gasteiger partial charge on any atom is 0.0368 e. The van der Waals surface area contributed by atoms with Crippen molar-refractivity contribution in [1.29, 1.82) is 0 Å². The average Bonchev–Trinajstić information content (AvgIpc) is 2.40. The van der Waals surface area contributed by atoms with Crippen molar-refractivity contribution in [1.82, 2.24) is 5.32 Å². The highest BCUT2D eigenvalue weighted by Crippen LogP contribution is 2.50. The van der Waals surface area contributed by atoms with Gasteiger partial charge in [0.15, 0.2) is 0 Å². The molecule has 0 atom stereocenters. The summed E-state index contributed by atoms with van der Waals surface area (Å²) in [4.78, 5) is 2.59. The summed E-state index contributed by atoms with van der Waals surface area (Å²) in [7, 11) is 0. The third-order valence-corrected chi connectivity index (χ3v) is 4.87. The first kappa shape index (κ1) is 12.0. The lowest BCUT2D eigenvalue weighted by atomic mass is 9.60. The van der Waals surface area contributed by atoms with Crippen molar-refractivity contribution < 1.29 is 0 Å². The Morgan fingerprint density at radius 3 is 2.44 bits per heavy atom. The van der Waals surface area contributed by atoms with Gasteiger partial charge in [-0.3, -0.25) is 0 Å². The van der Waals surface area contributed by atoms with E-state index in [1.165, 1.54) is 44.5 Å². The molecule has 0 amide bonds. The van der Waals surface area contributed by atoms with E-state index in [1.54, 1.807) is 0 Å². The Morgan fingerprint density at radius 1 is 1.17 bits per heavy atom. The molecule has 1 N–H and O–H groups in total. The molecule has 1 saturated heterocycles. The highest BCUT2D eigenvalue weighted by Gasteiger charge is 2.46. The Kier molecular flexibility index (Phi) is 3.29. The summed E-state index contributed by atoms with van der Waals surface area (Å²) >= 11 is 0. The Bertz CT molecular complexity index is 373. The summed E-state index contributed by atoms with van der Waals surface area (Å²) < 4.78 is 0. The third-order valence-electron chi connectivity index (χ3n) is 4.87. The number of para-hydroxylation sites is 1. The van der Waals surface area contributed by atoms with Crippen LogP contribution in [-0.2, 0) is 0 Å². The van der Waals surface area contributed by atoms with Crippen LogP contribution in [0.25, 0.3) is 0 Å². The van der Waals surface area contributed by atoms with E-state index < -0.39 is 0 Å². The van der Waals surface area contributed by atoms with Gasteiger partial charge in [0.2, 0.25) is 0 Å². The fourth-order valence-electron chi connectivity index (χ4n) is 3.80. The summed E-state index contributed by atoms with van der Waals surface area (Å²) in [6.07, 6.45) is 5.57. The second-order valence-corrected chi connectivity index (χ2v) is 5.93. The van der Waals surface area contributed by atoms with E-state index in [2.05, 4.69) is 47.5 Å². The molecule has 1 aromatic carbocycles. The van der Waals surface area contributed by atoms with Gasteiger partial charge in [0.25, 0.3) is 0 Å². The largest absolute Gasteiger partial charge is 0.369 e. The molecule has 0 unspecified atom stereocenters. The zero-order valence-corrected chi connectivity index (χ0v) is 11.4. The van der Waals surface area contributed by atoms with Crippen molar-refractivity contribution >= 4 is 5.69 Å². The van der Waals surface area contributed by atoms with E-state index in [9.17, 15) is 0 Å². The van der Waals surface area contributed by atoms with Gasteiger partial charge in [-0.2, -0.15) is 0 Å². The molecule has 0 bridgehead atoms. The van der Waals surface area contributed by atoms with Gasteiger partial charge >= 0.3 is 0 Å². The van der Waals surface area contributed by atoms with Gasteiger partial charge < -0.3 is 10.2 Å². The van der Waals surface area contributed by atoms with E-state index in [1.807, 2.05) is 0 Å². The van der Waals surface area contributed by atoms with Crippen LogP contribution in [0.15, 0.2) is 30.3 Å². The standard InChI is InChI=1S/C16H24N2/c1-2-18(14-6-4-3-5-7-14)15-12-16(13-15)8-10-17-11-9-16/h3-7,15,17H,2,8-13H2,1H3. The second kappa shape index (κ2) is 4.93. The number of rotatable bonds is 3. The van der Waals surface area contributed by atoms with Crippen molar-refractivity contribution in [2.24, 2.45) is 5.41 Å². The first-order chi connectivity index (χ1) is 8.83. The van der Waals surface area contributed by atoms with Gasteiger partial charge in [0, 0.05) is 18.3 Å². The van der Waals surface area contributed by atoms with Gasteiger partial charge in [0.1, 0.15) is 0 Å². The van der Waals surface area contributed by atoms with Gasteiger partial charge in [-0.25, -0.2) is 0 Å². The van der Waals surface area contributed by atoms with Gasteiger partial charge in [-0.15, -0.1) is 0 Å². The van der Waals surface area contributed by atoms with Crippen molar-refractivity contribution in [3.63, 3.8) is 0 Å². The lowest BCUT2D eigenvalue weighted by molar-refractivity contribution is 0.0594. The number of nitrogens with zero attached hydrogens (tertiary/aromatic N) is 1. The molecule has 1 heterocycles. The molecule has 2 fully saturated rings. The average molecular weight is 244 g/mol. The van der Waals surface area contributed by atoms with Crippen molar-refractivity contribution in [3.8, 4) is 0 Å². The van der Waals surface area contributed by atoms with Crippen LogP contribution in [0.4, 0.5) is 5.69 Å². The summed E-state index contributed by atoms with van der Waals surface area (Å²) in [6, 6.07) is 11.7. The second-order valence-electron chi connectivity index (χ2n) is 5.93. The first-order valence-electron chi connectivity index (χ1n) is 7.35. The molecule has 1 aliphatic heterocycles. The van der Waals surface area contributed by atoms with Crippen LogP contribution in [0.5, 0.6) is 0 Å². The molecular formula is C16H24N2. The Labute approximate surface area is 110 Å². The fourth-order valence-corrected chi connectivity index (χ4v) is 3.80. The minimum Gasteiger partial charge on any atom is -0.369 e. The first-order valence-corrected chi connectivity index (χ1v) is 7.35. The molecule has 98 valence electrons. The van der Waals surface area contributed by atoms with Crippen LogP contribution < -0.4 is 10.2 Å². The van der Waals surface area contributed by atoms with Crippen LogP contribution in [-0.4, -0.2) is 25.7 Å². The van der Waals surface area contributed by atoms with Crippen molar-refractivity contribution in [2.75, 3.05) is 24.5 Å².